The number of carboxylic acid groups (broad SMARTS) is 4. The first kappa shape index (κ1) is 56.5. The van der Waals surface area contributed by atoms with Crippen LogP contribution in [-0.4, -0.2) is 210 Å². The maximum Gasteiger partial charge on any atom is 0.407 e. The Morgan fingerprint density at radius 2 is 1.09 bits per heavy atom. The molecule has 1 aliphatic heterocycles. The van der Waals surface area contributed by atoms with Gasteiger partial charge in [0.15, 0.2) is 0 Å². The van der Waals surface area contributed by atoms with Gasteiger partial charge in [0.25, 0.3) is 0 Å². The zero-order valence-corrected chi connectivity index (χ0v) is 37.8. The number of aliphatic carboxylic acids is 4. The number of amides is 7. The molecule has 374 valence electrons. The first-order valence-corrected chi connectivity index (χ1v) is 21.7. The fraction of sp³-hybridized carbons (Fsp3) is 0.610. The Bertz CT molecular complexity index is 1800. The van der Waals surface area contributed by atoms with Gasteiger partial charge in [-0.2, -0.15) is 0 Å². The summed E-state index contributed by atoms with van der Waals surface area (Å²) in [6.07, 6.45) is -1.24. The summed E-state index contributed by atoms with van der Waals surface area (Å²) in [5.41, 5.74) is 6.01. The fourth-order valence-corrected chi connectivity index (χ4v) is 6.57. The second kappa shape index (κ2) is 30.5. The van der Waals surface area contributed by atoms with Crippen molar-refractivity contribution in [2.45, 2.75) is 58.2 Å². The van der Waals surface area contributed by atoms with Crippen molar-refractivity contribution >= 4 is 65.3 Å². The van der Waals surface area contributed by atoms with E-state index in [1.54, 1.807) is 57.7 Å². The Morgan fingerprint density at radius 1 is 0.597 bits per heavy atom. The second-order valence-electron chi connectivity index (χ2n) is 16.0. The highest BCUT2D eigenvalue weighted by atomic mass is 16.5. The lowest BCUT2D eigenvalue weighted by Crippen LogP contribution is -2.54. The van der Waals surface area contributed by atoms with E-state index in [1.165, 1.54) is 0 Å². The van der Waals surface area contributed by atoms with Gasteiger partial charge in [0.1, 0.15) is 18.7 Å². The van der Waals surface area contributed by atoms with Crippen LogP contribution in [0.1, 0.15) is 45.1 Å². The molecule has 26 nitrogen and oxygen atoms in total. The van der Waals surface area contributed by atoms with Crippen LogP contribution < -0.4 is 37.6 Å². The van der Waals surface area contributed by atoms with Gasteiger partial charge in [-0.3, -0.25) is 58.0 Å². The van der Waals surface area contributed by atoms with Crippen LogP contribution in [0.3, 0.4) is 0 Å². The van der Waals surface area contributed by atoms with Gasteiger partial charge in [-0.1, -0.05) is 26.0 Å². The van der Waals surface area contributed by atoms with E-state index in [0.29, 0.717) is 11.3 Å². The van der Waals surface area contributed by atoms with Crippen molar-refractivity contribution in [2.75, 3.05) is 103 Å². The Morgan fingerprint density at radius 3 is 1.55 bits per heavy atom. The Balaban J connectivity index is 1.91. The number of nitrogens with two attached hydrogens (primary N) is 1. The number of hydrogen-bond donors (Lipinski definition) is 11. The average molecular weight is 952 g/mol. The molecule has 0 aliphatic carbocycles. The smallest absolute Gasteiger partial charge is 0.407 e. The van der Waals surface area contributed by atoms with E-state index in [2.05, 4.69) is 31.9 Å². The van der Waals surface area contributed by atoms with Crippen LogP contribution in [0.25, 0.3) is 0 Å². The molecule has 1 aromatic rings. The summed E-state index contributed by atoms with van der Waals surface area (Å²) in [6.45, 7) is 4.29. The molecule has 0 aromatic heterocycles. The van der Waals surface area contributed by atoms with Gasteiger partial charge in [0.2, 0.25) is 23.6 Å². The molecule has 0 radical (unpaired) electrons. The van der Waals surface area contributed by atoms with Crippen LogP contribution in [0.2, 0.25) is 0 Å². The standard InChI is InChI=1S/C41H65N11O15/c1-27(2)37(48-31(53)9-10-33(55)56)39(64)47-30(4-3-11-44-40(42)65)38(63)46-29-7-5-28(6-8-29)26-67-41(66)45-13-12-43-32(54)22-49-14-16-50(23-34(57)58)18-20-52(25-36(61)62)21-19-51(17-15-49)24-35(59)60/h5-8,27,30,37H,3-4,9-26H2,1-2H3,(H,43,54)(H,45,66)(H,46,63)(H,47,64)(H,48,53)(H,55,56)(H,57,58)(H,59,60)(H,61,62)(H3,42,44,65)/t30-,37-/m0/s1. The molecule has 2 atom stereocenters. The predicted octanol–water partition coefficient (Wildman–Crippen LogP) is -2.62. The van der Waals surface area contributed by atoms with E-state index >= 15 is 0 Å². The number of benzene rings is 1. The van der Waals surface area contributed by atoms with Crippen molar-refractivity contribution in [2.24, 2.45) is 11.7 Å². The number of alkyl carbamates (subject to hydrolysis) is 1. The lowest BCUT2D eigenvalue weighted by Gasteiger charge is -2.32. The third-order valence-electron chi connectivity index (χ3n) is 10.1. The van der Waals surface area contributed by atoms with Crippen molar-refractivity contribution < 1.29 is 73.1 Å². The largest absolute Gasteiger partial charge is 0.481 e. The Labute approximate surface area is 387 Å². The average Bonchev–Trinajstić information content (AvgIpc) is 3.24. The van der Waals surface area contributed by atoms with Gasteiger partial charge in [-0.25, -0.2) is 9.59 Å². The van der Waals surface area contributed by atoms with Gasteiger partial charge >= 0.3 is 36.0 Å². The van der Waals surface area contributed by atoms with Crippen molar-refractivity contribution in [3.05, 3.63) is 29.8 Å². The number of ether oxygens (including phenoxy) is 1. The number of carboxylic acids is 4. The lowest BCUT2D eigenvalue weighted by atomic mass is 10.0. The van der Waals surface area contributed by atoms with Crippen LogP contribution in [0.5, 0.6) is 0 Å². The van der Waals surface area contributed by atoms with Crippen LogP contribution in [0, 0.1) is 5.92 Å². The first-order chi connectivity index (χ1) is 31.7. The maximum absolute atomic E-state index is 13.4. The molecule has 2 rings (SSSR count). The minimum Gasteiger partial charge on any atom is -0.481 e. The zero-order valence-electron chi connectivity index (χ0n) is 37.8. The summed E-state index contributed by atoms with van der Waals surface area (Å²) in [6, 6.07) is 3.29. The molecule has 0 bridgehead atoms. The summed E-state index contributed by atoms with van der Waals surface area (Å²) in [5.74, 6) is -7.14. The van der Waals surface area contributed by atoms with Crippen molar-refractivity contribution in [1.29, 1.82) is 0 Å². The van der Waals surface area contributed by atoms with Crippen molar-refractivity contribution in [3.8, 4) is 0 Å². The number of rotatable bonds is 26. The normalized spacial score (nSPS) is 15.3. The zero-order chi connectivity index (χ0) is 49.9. The summed E-state index contributed by atoms with van der Waals surface area (Å²) >= 11 is 0. The highest BCUT2D eigenvalue weighted by Gasteiger charge is 2.29. The number of primary amides is 1. The Hall–Kier alpha value is -6.64. The number of carbonyl (C=O) groups excluding carboxylic acids is 6. The number of anilines is 1. The third kappa shape index (κ3) is 25.6. The number of hydrogen-bond acceptors (Lipinski definition) is 15. The molecule has 67 heavy (non-hydrogen) atoms. The minimum absolute atomic E-state index is 0.00642. The van der Waals surface area contributed by atoms with E-state index in [4.69, 9.17) is 15.6 Å². The van der Waals surface area contributed by atoms with Gasteiger partial charge in [-0.05, 0) is 36.5 Å². The van der Waals surface area contributed by atoms with Gasteiger partial charge < -0.3 is 62.8 Å². The summed E-state index contributed by atoms with van der Waals surface area (Å²) in [4.78, 5) is 127. The van der Waals surface area contributed by atoms with Gasteiger partial charge in [-0.15, -0.1) is 0 Å². The first-order valence-electron chi connectivity index (χ1n) is 21.7. The van der Waals surface area contributed by atoms with Crippen molar-refractivity contribution in [1.82, 2.24) is 46.2 Å². The topological polar surface area (TPSA) is 372 Å². The fourth-order valence-electron chi connectivity index (χ4n) is 6.57. The molecule has 1 saturated heterocycles. The highest BCUT2D eigenvalue weighted by molar-refractivity contribution is 5.98. The highest BCUT2D eigenvalue weighted by Crippen LogP contribution is 2.13. The third-order valence-corrected chi connectivity index (χ3v) is 10.1. The summed E-state index contributed by atoms with van der Waals surface area (Å²) in [5, 5.41) is 52.6. The molecular formula is C41H65N11O15. The van der Waals surface area contributed by atoms with E-state index in [-0.39, 0.29) is 124 Å². The summed E-state index contributed by atoms with van der Waals surface area (Å²) < 4.78 is 5.27. The lowest BCUT2D eigenvalue weighted by molar-refractivity contribution is -0.140. The molecule has 1 fully saturated rings. The van der Waals surface area contributed by atoms with E-state index in [0.717, 1.165) is 0 Å². The molecule has 0 spiro atoms. The number of urea groups is 1. The predicted molar refractivity (Wildman–Crippen MR) is 237 cm³/mol. The molecule has 0 unspecified atom stereocenters. The minimum atomic E-state index is -1.18. The monoisotopic (exact) mass is 951 g/mol. The quantitative estimate of drug-likeness (QED) is 0.0424. The number of carbonyl (C=O) groups is 10. The molecule has 1 aromatic carbocycles. The van der Waals surface area contributed by atoms with E-state index < -0.39 is 84.1 Å². The second-order valence-corrected chi connectivity index (χ2v) is 16.0. The maximum atomic E-state index is 13.4. The molecular weight excluding hydrogens is 887 g/mol. The molecule has 26 heteroatoms. The van der Waals surface area contributed by atoms with Crippen molar-refractivity contribution in [3.63, 3.8) is 0 Å². The van der Waals surface area contributed by atoms with E-state index in [9.17, 15) is 63.3 Å². The SMILES string of the molecule is CC(C)[C@H](NC(=O)CCC(=O)O)C(=O)N[C@@H](CCCNC(N)=O)C(=O)Nc1ccc(COC(=O)NCCNC(=O)CN2CCN(CC(=O)O)CCN(CC(=O)O)CCN(CC(=O)O)CC2)cc1. The molecule has 7 amide bonds. The number of nitrogens with one attached hydrogen (secondary N) is 6. The van der Waals surface area contributed by atoms with E-state index in [1.807, 2.05) is 0 Å². The molecule has 12 N–H and O–H groups in total. The summed E-state index contributed by atoms with van der Waals surface area (Å²) in [7, 11) is 0. The number of nitrogens with zero attached hydrogens (tertiary/aromatic N) is 4. The molecule has 1 aliphatic rings. The van der Waals surface area contributed by atoms with Crippen LogP contribution >= 0.6 is 0 Å². The molecule has 1 heterocycles. The molecule has 0 saturated carbocycles. The Kier molecular flexibility index (Phi) is 25.8. The van der Waals surface area contributed by atoms with Crippen LogP contribution in [0.4, 0.5) is 15.3 Å². The van der Waals surface area contributed by atoms with Crippen LogP contribution in [0.15, 0.2) is 24.3 Å². The van der Waals surface area contributed by atoms with Gasteiger partial charge in [0.05, 0.1) is 32.6 Å². The van der Waals surface area contributed by atoms with Gasteiger partial charge in [0, 0.05) is 84.1 Å². The van der Waals surface area contributed by atoms with Crippen LogP contribution in [-0.2, 0) is 49.7 Å².